The number of ether oxygens (including phenoxy) is 1. The Morgan fingerprint density at radius 1 is 1.26 bits per heavy atom. The second kappa shape index (κ2) is 7.61. The van der Waals surface area contributed by atoms with Crippen LogP contribution in [0.15, 0.2) is 41.0 Å². The van der Waals surface area contributed by atoms with E-state index < -0.39 is 0 Å². The van der Waals surface area contributed by atoms with Gasteiger partial charge in [-0.15, -0.1) is 11.8 Å². The van der Waals surface area contributed by atoms with Gasteiger partial charge in [0, 0.05) is 4.90 Å². The first-order chi connectivity index (χ1) is 9.35. The van der Waals surface area contributed by atoms with Gasteiger partial charge in [0.15, 0.2) is 0 Å². The SMILES string of the molecule is CCNC(C1=COCCC1)c1ccc(SCC)cc1. The maximum atomic E-state index is 5.49. The first-order valence-corrected chi connectivity index (χ1v) is 8.10. The fourth-order valence-corrected chi connectivity index (χ4v) is 3.05. The molecule has 1 unspecified atom stereocenters. The average Bonchev–Trinajstić information content (AvgIpc) is 2.47. The minimum absolute atomic E-state index is 0.297. The molecule has 1 aromatic rings. The molecule has 1 atom stereocenters. The summed E-state index contributed by atoms with van der Waals surface area (Å²) in [6.07, 6.45) is 4.20. The van der Waals surface area contributed by atoms with Crippen molar-refractivity contribution in [3.05, 3.63) is 41.7 Å². The normalized spacial score (nSPS) is 16.6. The van der Waals surface area contributed by atoms with Gasteiger partial charge in [0.2, 0.25) is 0 Å². The number of hydrogen-bond donors (Lipinski definition) is 1. The Bertz CT molecular complexity index is 413. The van der Waals surface area contributed by atoms with Gasteiger partial charge in [-0.3, -0.25) is 0 Å². The van der Waals surface area contributed by atoms with Crippen molar-refractivity contribution in [2.75, 3.05) is 18.9 Å². The molecular formula is C16H23NOS. The number of hydrogen-bond acceptors (Lipinski definition) is 3. The fraction of sp³-hybridized carbons (Fsp3) is 0.500. The molecule has 0 amide bonds. The summed E-state index contributed by atoms with van der Waals surface area (Å²) in [6.45, 7) is 6.16. The van der Waals surface area contributed by atoms with E-state index in [0.29, 0.717) is 6.04 Å². The average molecular weight is 277 g/mol. The summed E-state index contributed by atoms with van der Waals surface area (Å²) < 4.78 is 5.49. The smallest absolute Gasteiger partial charge is 0.0876 e. The molecule has 2 rings (SSSR count). The zero-order valence-electron chi connectivity index (χ0n) is 11.8. The lowest BCUT2D eigenvalue weighted by Crippen LogP contribution is -2.24. The van der Waals surface area contributed by atoms with Crippen LogP contribution in [0.2, 0.25) is 0 Å². The molecule has 0 bridgehead atoms. The molecule has 19 heavy (non-hydrogen) atoms. The van der Waals surface area contributed by atoms with Gasteiger partial charge in [0.05, 0.1) is 18.9 Å². The molecule has 2 nitrogen and oxygen atoms in total. The van der Waals surface area contributed by atoms with Gasteiger partial charge in [-0.1, -0.05) is 26.0 Å². The summed E-state index contributed by atoms with van der Waals surface area (Å²) in [5, 5.41) is 3.56. The highest BCUT2D eigenvalue weighted by atomic mass is 32.2. The first kappa shape index (κ1) is 14.5. The quantitative estimate of drug-likeness (QED) is 0.790. The monoisotopic (exact) mass is 277 g/mol. The third-order valence-electron chi connectivity index (χ3n) is 3.27. The largest absolute Gasteiger partial charge is 0.501 e. The zero-order valence-corrected chi connectivity index (χ0v) is 12.6. The first-order valence-electron chi connectivity index (χ1n) is 7.11. The highest BCUT2D eigenvalue weighted by Gasteiger charge is 2.18. The maximum Gasteiger partial charge on any atom is 0.0876 e. The second-order valence-electron chi connectivity index (χ2n) is 4.66. The van der Waals surface area contributed by atoms with Crippen LogP contribution in [-0.4, -0.2) is 18.9 Å². The molecular weight excluding hydrogens is 254 g/mol. The number of likely N-dealkylation sites (N-methyl/N-ethyl adjacent to an activating group) is 1. The Kier molecular flexibility index (Phi) is 5.80. The molecule has 1 aliphatic rings. The molecule has 1 aromatic carbocycles. The number of benzene rings is 1. The lowest BCUT2D eigenvalue weighted by atomic mass is 9.95. The highest BCUT2D eigenvalue weighted by molar-refractivity contribution is 7.99. The molecule has 0 saturated heterocycles. The van der Waals surface area contributed by atoms with Crippen molar-refractivity contribution in [2.45, 2.75) is 37.6 Å². The molecule has 0 radical (unpaired) electrons. The highest BCUT2D eigenvalue weighted by Crippen LogP contribution is 2.29. The minimum Gasteiger partial charge on any atom is -0.501 e. The van der Waals surface area contributed by atoms with Crippen LogP contribution >= 0.6 is 11.8 Å². The maximum absolute atomic E-state index is 5.49. The third-order valence-corrected chi connectivity index (χ3v) is 4.16. The van der Waals surface area contributed by atoms with Gasteiger partial charge in [-0.05, 0) is 48.4 Å². The van der Waals surface area contributed by atoms with Crippen LogP contribution in [0.5, 0.6) is 0 Å². The van der Waals surface area contributed by atoms with Crippen LogP contribution < -0.4 is 5.32 Å². The van der Waals surface area contributed by atoms with Crippen LogP contribution in [0.3, 0.4) is 0 Å². The van der Waals surface area contributed by atoms with Crippen molar-refractivity contribution in [3.8, 4) is 0 Å². The molecule has 0 aliphatic carbocycles. The van der Waals surface area contributed by atoms with Gasteiger partial charge < -0.3 is 10.1 Å². The number of thioether (sulfide) groups is 1. The Morgan fingerprint density at radius 3 is 2.63 bits per heavy atom. The summed E-state index contributed by atoms with van der Waals surface area (Å²) in [4.78, 5) is 1.34. The van der Waals surface area contributed by atoms with Crippen LogP contribution in [0.4, 0.5) is 0 Å². The Morgan fingerprint density at radius 2 is 2.05 bits per heavy atom. The fourth-order valence-electron chi connectivity index (χ4n) is 2.39. The van der Waals surface area contributed by atoms with E-state index in [1.807, 2.05) is 18.0 Å². The lowest BCUT2D eigenvalue weighted by molar-refractivity contribution is 0.219. The van der Waals surface area contributed by atoms with Gasteiger partial charge in [0.1, 0.15) is 0 Å². The molecule has 1 heterocycles. The molecule has 0 spiro atoms. The van der Waals surface area contributed by atoms with Crippen molar-refractivity contribution in [2.24, 2.45) is 0 Å². The van der Waals surface area contributed by atoms with Crippen LogP contribution in [0.25, 0.3) is 0 Å². The van der Waals surface area contributed by atoms with Gasteiger partial charge in [0.25, 0.3) is 0 Å². The van der Waals surface area contributed by atoms with Crippen LogP contribution in [-0.2, 0) is 4.74 Å². The van der Waals surface area contributed by atoms with Gasteiger partial charge >= 0.3 is 0 Å². The number of rotatable bonds is 6. The van der Waals surface area contributed by atoms with Crippen molar-refractivity contribution >= 4 is 11.8 Å². The predicted molar refractivity (Wildman–Crippen MR) is 82.5 cm³/mol. The molecule has 0 saturated carbocycles. The van der Waals surface area contributed by atoms with Crippen molar-refractivity contribution in [1.29, 1.82) is 0 Å². The number of nitrogens with one attached hydrogen (secondary N) is 1. The van der Waals surface area contributed by atoms with Crippen molar-refractivity contribution in [3.63, 3.8) is 0 Å². The molecule has 3 heteroatoms. The Balaban J connectivity index is 2.15. The van der Waals surface area contributed by atoms with E-state index in [4.69, 9.17) is 4.74 Å². The molecule has 1 N–H and O–H groups in total. The van der Waals surface area contributed by atoms with Crippen LogP contribution in [0, 0.1) is 0 Å². The zero-order chi connectivity index (χ0) is 13.5. The van der Waals surface area contributed by atoms with Gasteiger partial charge in [-0.25, -0.2) is 0 Å². The van der Waals surface area contributed by atoms with E-state index in [-0.39, 0.29) is 0 Å². The predicted octanol–water partition coefficient (Wildman–Crippen LogP) is 4.14. The molecule has 104 valence electrons. The van der Waals surface area contributed by atoms with Crippen molar-refractivity contribution in [1.82, 2.24) is 5.32 Å². The van der Waals surface area contributed by atoms with Crippen molar-refractivity contribution < 1.29 is 4.74 Å². The van der Waals surface area contributed by atoms with E-state index in [0.717, 1.165) is 31.7 Å². The standard InChI is InChI=1S/C16H23NOS/c1-3-17-16(14-6-5-11-18-12-14)13-7-9-15(10-8-13)19-4-2/h7-10,12,16-17H,3-6,11H2,1-2H3. The Labute approximate surface area is 120 Å². The van der Waals surface area contributed by atoms with E-state index in [1.54, 1.807) is 0 Å². The molecule has 1 aliphatic heterocycles. The topological polar surface area (TPSA) is 21.3 Å². The summed E-state index contributed by atoms with van der Waals surface area (Å²) in [7, 11) is 0. The second-order valence-corrected chi connectivity index (χ2v) is 6.00. The third kappa shape index (κ3) is 4.02. The lowest BCUT2D eigenvalue weighted by Gasteiger charge is -2.24. The Hall–Kier alpha value is -0.930. The summed E-state index contributed by atoms with van der Waals surface area (Å²) in [5.41, 5.74) is 2.70. The van der Waals surface area contributed by atoms with Crippen LogP contribution in [0.1, 0.15) is 38.3 Å². The van der Waals surface area contributed by atoms with E-state index in [2.05, 4.69) is 43.4 Å². The summed E-state index contributed by atoms with van der Waals surface area (Å²) in [5.74, 6) is 1.12. The minimum atomic E-state index is 0.297. The van der Waals surface area contributed by atoms with E-state index >= 15 is 0 Å². The van der Waals surface area contributed by atoms with E-state index in [9.17, 15) is 0 Å². The molecule has 0 aromatic heterocycles. The van der Waals surface area contributed by atoms with E-state index in [1.165, 1.54) is 16.0 Å². The molecule has 0 fully saturated rings. The summed E-state index contributed by atoms with van der Waals surface area (Å²) >= 11 is 1.88. The summed E-state index contributed by atoms with van der Waals surface area (Å²) in [6, 6.07) is 9.21. The van der Waals surface area contributed by atoms with Gasteiger partial charge in [-0.2, -0.15) is 0 Å².